The Morgan fingerprint density at radius 2 is 1.94 bits per heavy atom. The van der Waals surface area contributed by atoms with Crippen LogP contribution in [0.3, 0.4) is 0 Å². The zero-order chi connectivity index (χ0) is 12.8. The lowest BCUT2D eigenvalue weighted by Gasteiger charge is -2.27. The predicted octanol–water partition coefficient (Wildman–Crippen LogP) is 0.978. The van der Waals surface area contributed by atoms with Gasteiger partial charge in [-0.25, -0.2) is 0 Å². The van der Waals surface area contributed by atoms with Gasteiger partial charge in [0, 0.05) is 38.1 Å². The Labute approximate surface area is 110 Å². The van der Waals surface area contributed by atoms with Gasteiger partial charge in [0.25, 0.3) is 0 Å². The van der Waals surface area contributed by atoms with E-state index < -0.39 is 0 Å². The average molecular weight is 253 g/mol. The van der Waals surface area contributed by atoms with Crippen molar-refractivity contribution in [1.29, 1.82) is 0 Å². The Bertz CT molecular complexity index is 268. The first kappa shape index (κ1) is 13.8. The fourth-order valence-electron chi connectivity index (χ4n) is 3.04. The van der Waals surface area contributed by atoms with E-state index in [2.05, 4.69) is 22.5 Å². The normalized spacial score (nSPS) is 24.1. The van der Waals surface area contributed by atoms with Gasteiger partial charge in [0.05, 0.1) is 0 Å². The number of nitrogens with zero attached hydrogens (tertiary/aromatic N) is 1. The van der Waals surface area contributed by atoms with Crippen LogP contribution in [0.25, 0.3) is 0 Å². The Hall–Kier alpha value is -0.610. The number of carbonyl (C=O) groups excluding carboxylic acids is 1. The highest BCUT2D eigenvalue weighted by Gasteiger charge is 2.35. The van der Waals surface area contributed by atoms with Crippen molar-refractivity contribution in [2.75, 3.05) is 39.3 Å². The number of piperazine rings is 1. The van der Waals surface area contributed by atoms with Gasteiger partial charge in [-0.3, -0.25) is 4.79 Å². The summed E-state index contributed by atoms with van der Waals surface area (Å²) >= 11 is 0. The minimum absolute atomic E-state index is 0.0744. The summed E-state index contributed by atoms with van der Waals surface area (Å²) in [6.45, 7) is 8.55. The number of carbonyl (C=O) groups is 1. The summed E-state index contributed by atoms with van der Waals surface area (Å²) in [6.07, 6.45) is 5.63. The van der Waals surface area contributed by atoms with E-state index in [-0.39, 0.29) is 11.3 Å². The van der Waals surface area contributed by atoms with Crippen molar-refractivity contribution in [2.24, 2.45) is 5.41 Å². The first-order chi connectivity index (χ1) is 8.71. The average Bonchev–Trinajstić information content (AvgIpc) is 2.84. The molecule has 0 aromatic carbocycles. The Balaban J connectivity index is 1.58. The molecule has 1 saturated heterocycles. The van der Waals surface area contributed by atoms with Gasteiger partial charge in [0.2, 0.25) is 5.91 Å². The van der Waals surface area contributed by atoms with Gasteiger partial charge in [-0.05, 0) is 25.8 Å². The molecule has 4 nitrogen and oxygen atoms in total. The van der Waals surface area contributed by atoms with Crippen LogP contribution in [-0.4, -0.2) is 50.1 Å². The van der Waals surface area contributed by atoms with E-state index in [0.717, 1.165) is 58.5 Å². The van der Waals surface area contributed by atoms with Gasteiger partial charge in [-0.15, -0.1) is 0 Å². The third-order valence-electron chi connectivity index (χ3n) is 4.40. The molecule has 0 spiro atoms. The van der Waals surface area contributed by atoms with Crippen molar-refractivity contribution in [2.45, 2.75) is 39.0 Å². The Morgan fingerprint density at radius 1 is 1.28 bits per heavy atom. The van der Waals surface area contributed by atoms with Gasteiger partial charge < -0.3 is 15.5 Å². The number of hydrogen-bond donors (Lipinski definition) is 2. The fraction of sp³-hybridized carbons (Fsp3) is 0.929. The van der Waals surface area contributed by atoms with Gasteiger partial charge >= 0.3 is 0 Å². The number of hydrogen-bond acceptors (Lipinski definition) is 3. The minimum Gasteiger partial charge on any atom is -0.356 e. The molecule has 2 N–H and O–H groups in total. The Morgan fingerprint density at radius 3 is 2.61 bits per heavy atom. The summed E-state index contributed by atoms with van der Waals surface area (Å²) in [5.41, 5.74) is -0.0744. The standard InChI is InChI=1S/C14H27N3O/c1-14(5-2-3-6-14)13(18)16-7-4-10-17-11-8-15-9-12-17/h15H,2-12H2,1H3,(H,16,18). The van der Waals surface area contributed by atoms with Crippen LogP contribution in [0.1, 0.15) is 39.0 Å². The van der Waals surface area contributed by atoms with Gasteiger partial charge in [-0.2, -0.15) is 0 Å². The van der Waals surface area contributed by atoms with Crippen LogP contribution < -0.4 is 10.6 Å². The second-order valence-electron chi connectivity index (χ2n) is 5.97. The summed E-state index contributed by atoms with van der Waals surface area (Å²) in [5.74, 6) is 0.278. The summed E-state index contributed by atoms with van der Waals surface area (Å²) < 4.78 is 0. The van der Waals surface area contributed by atoms with E-state index in [1.165, 1.54) is 12.8 Å². The van der Waals surface area contributed by atoms with Crippen molar-refractivity contribution < 1.29 is 4.79 Å². The smallest absolute Gasteiger partial charge is 0.225 e. The van der Waals surface area contributed by atoms with Gasteiger partial charge in [0.15, 0.2) is 0 Å². The monoisotopic (exact) mass is 253 g/mol. The molecule has 0 radical (unpaired) electrons. The van der Waals surface area contributed by atoms with Crippen LogP contribution >= 0.6 is 0 Å². The molecule has 4 heteroatoms. The Kier molecular flexibility index (Phi) is 5.01. The summed E-state index contributed by atoms with van der Waals surface area (Å²) in [5, 5.41) is 6.48. The lowest BCUT2D eigenvalue weighted by Crippen LogP contribution is -2.44. The number of rotatable bonds is 5. The first-order valence-corrected chi connectivity index (χ1v) is 7.42. The molecule has 2 fully saturated rings. The lowest BCUT2D eigenvalue weighted by atomic mass is 9.88. The zero-order valence-electron chi connectivity index (χ0n) is 11.6. The SMILES string of the molecule is CC1(C(=O)NCCCN2CCNCC2)CCCC1. The molecule has 0 atom stereocenters. The summed E-state index contributed by atoms with van der Waals surface area (Å²) in [6, 6.07) is 0. The molecular weight excluding hydrogens is 226 g/mol. The maximum Gasteiger partial charge on any atom is 0.225 e. The minimum atomic E-state index is -0.0744. The molecule has 1 aliphatic carbocycles. The summed E-state index contributed by atoms with van der Waals surface area (Å²) in [4.78, 5) is 14.6. The molecule has 2 rings (SSSR count). The topological polar surface area (TPSA) is 44.4 Å². The molecule has 0 unspecified atom stereocenters. The van der Waals surface area contributed by atoms with Crippen molar-refractivity contribution in [1.82, 2.24) is 15.5 Å². The molecule has 1 aliphatic heterocycles. The van der Waals surface area contributed by atoms with Crippen molar-refractivity contribution in [3.05, 3.63) is 0 Å². The molecule has 18 heavy (non-hydrogen) atoms. The maximum atomic E-state index is 12.1. The zero-order valence-corrected chi connectivity index (χ0v) is 11.6. The maximum absolute atomic E-state index is 12.1. The molecule has 1 amide bonds. The second kappa shape index (κ2) is 6.53. The molecule has 104 valence electrons. The van der Waals surface area contributed by atoms with Crippen LogP contribution in [0.2, 0.25) is 0 Å². The highest BCUT2D eigenvalue weighted by atomic mass is 16.2. The van der Waals surface area contributed by atoms with Crippen LogP contribution in [0.5, 0.6) is 0 Å². The van der Waals surface area contributed by atoms with Crippen LogP contribution in [0.4, 0.5) is 0 Å². The van der Waals surface area contributed by atoms with E-state index in [0.29, 0.717) is 0 Å². The van der Waals surface area contributed by atoms with Gasteiger partial charge in [0.1, 0.15) is 0 Å². The van der Waals surface area contributed by atoms with Gasteiger partial charge in [-0.1, -0.05) is 19.8 Å². The molecule has 0 aromatic rings. The predicted molar refractivity (Wildman–Crippen MR) is 73.5 cm³/mol. The third-order valence-corrected chi connectivity index (χ3v) is 4.40. The third kappa shape index (κ3) is 3.69. The van der Waals surface area contributed by atoms with Crippen molar-refractivity contribution in [3.63, 3.8) is 0 Å². The summed E-state index contributed by atoms with van der Waals surface area (Å²) in [7, 11) is 0. The van der Waals surface area contributed by atoms with Crippen LogP contribution in [0, 0.1) is 5.41 Å². The first-order valence-electron chi connectivity index (χ1n) is 7.42. The molecule has 0 bridgehead atoms. The van der Waals surface area contributed by atoms with E-state index in [1.807, 2.05) is 0 Å². The molecular formula is C14H27N3O. The molecule has 1 heterocycles. The largest absolute Gasteiger partial charge is 0.356 e. The molecule has 2 aliphatic rings. The quantitative estimate of drug-likeness (QED) is 0.718. The highest BCUT2D eigenvalue weighted by Crippen LogP contribution is 2.37. The highest BCUT2D eigenvalue weighted by molar-refractivity contribution is 5.82. The lowest BCUT2D eigenvalue weighted by molar-refractivity contribution is -0.129. The number of amides is 1. The van der Waals surface area contributed by atoms with E-state index >= 15 is 0 Å². The second-order valence-corrected chi connectivity index (χ2v) is 5.97. The van der Waals surface area contributed by atoms with Crippen LogP contribution in [-0.2, 0) is 4.79 Å². The van der Waals surface area contributed by atoms with Crippen molar-refractivity contribution >= 4 is 5.91 Å². The van der Waals surface area contributed by atoms with E-state index in [1.54, 1.807) is 0 Å². The van der Waals surface area contributed by atoms with Crippen LogP contribution in [0.15, 0.2) is 0 Å². The van der Waals surface area contributed by atoms with E-state index in [4.69, 9.17) is 0 Å². The van der Waals surface area contributed by atoms with Crippen molar-refractivity contribution in [3.8, 4) is 0 Å². The van der Waals surface area contributed by atoms with E-state index in [9.17, 15) is 4.79 Å². The molecule has 0 aromatic heterocycles. The number of nitrogens with one attached hydrogen (secondary N) is 2. The fourth-order valence-corrected chi connectivity index (χ4v) is 3.04. The molecule has 1 saturated carbocycles.